The van der Waals surface area contributed by atoms with E-state index < -0.39 is 0 Å². The summed E-state index contributed by atoms with van der Waals surface area (Å²) in [6.45, 7) is 3.10. The van der Waals surface area contributed by atoms with Crippen molar-refractivity contribution in [3.63, 3.8) is 0 Å². The van der Waals surface area contributed by atoms with Gasteiger partial charge in [-0.05, 0) is 6.42 Å². The molecule has 1 rings (SSSR count). The van der Waals surface area contributed by atoms with Gasteiger partial charge in [-0.15, -0.1) is 0 Å². The lowest BCUT2D eigenvalue weighted by molar-refractivity contribution is -0.920. The van der Waals surface area contributed by atoms with Gasteiger partial charge in [-0.2, -0.15) is 0 Å². The third-order valence-corrected chi connectivity index (χ3v) is 5.08. The molecule has 0 radical (unpaired) electrons. The Bertz CT molecular complexity index is 476. The number of methoxy groups -OCH3 is 1. The van der Waals surface area contributed by atoms with Gasteiger partial charge >= 0.3 is 5.97 Å². The first-order chi connectivity index (χ1) is 12.0. The normalized spacial score (nSPS) is 12.3. The van der Waals surface area contributed by atoms with Crippen LogP contribution in [-0.2, 0) is 16.1 Å². The Labute approximate surface area is 167 Å². The highest BCUT2D eigenvalue weighted by Crippen LogP contribution is 2.21. The molecule has 0 fully saturated rings. The van der Waals surface area contributed by atoms with Gasteiger partial charge in [0.05, 0.1) is 21.2 Å². The molecule has 0 N–H and O–H groups in total. The van der Waals surface area contributed by atoms with Crippen LogP contribution in [0.25, 0.3) is 0 Å². The van der Waals surface area contributed by atoms with Gasteiger partial charge in [-0.1, -0.05) is 82.2 Å². The van der Waals surface area contributed by atoms with Crippen LogP contribution >= 0.6 is 0 Å². The smallest absolute Gasteiger partial charge is 0.364 e. The first kappa shape index (κ1) is 24.9. The molecule has 0 saturated heterocycles. The molecule has 1 atom stereocenters. The van der Waals surface area contributed by atoms with E-state index in [2.05, 4.69) is 45.3 Å². The van der Waals surface area contributed by atoms with Crippen molar-refractivity contribution in [1.82, 2.24) is 0 Å². The van der Waals surface area contributed by atoms with Crippen LogP contribution < -0.4 is 12.4 Å². The number of benzene rings is 1. The quantitative estimate of drug-likeness (QED) is 0.297. The summed E-state index contributed by atoms with van der Waals surface area (Å²) in [5, 5.41) is 0. The number of rotatable bonds is 13. The number of ether oxygens (including phenoxy) is 1. The highest BCUT2D eigenvalue weighted by Gasteiger charge is 2.35. The maximum Gasteiger partial charge on any atom is 0.364 e. The van der Waals surface area contributed by atoms with Crippen LogP contribution in [0, 0.1) is 0 Å². The van der Waals surface area contributed by atoms with Crippen molar-refractivity contribution < 1.29 is 26.4 Å². The molecule has 0 aromatic heterocycles. The topological polar surface area (TPSA) is 26.3 Å². The lowest BCUT2D eigenvalue weighted by Gasteiger charge is -2.36. The molecule has 26 heavy (non-hydrogen) atoms. The van der Waals surface area contributed by atoms with Crippen molar-refractivity contribution in [3.05, 3.63) is 35.9 Å². The summed E-state index contributed by atoms with van der Waals surface area (Å²) in [7, 11) is 5.78. The van der Waals surface area contributed by atoms with Gasteiger partial charge in [0.25, 0.3) is 0 Å². The molecule has 0 heterocycles. The van der Waals surface area contributed by atoms with E-state index in [1.54, 1.807) is 0 Å². The maximum atomic E-state index is 12.3. The number of esters is 1. The van der Waals surface area contributed by atoms with Crippen molar-refractivity contribution >= 4 is 5.97 Å². The molecule has 150 valence electrons. The summed E-state index contributed by atoms with van der Waals surface area (Å²) in [6, 6.07) is 10.3. The van der Waals surface area contributed by atoms with Gasteiger partial charge in [0.15, 0.2) is 6.04 Å². The number of carbonyl (C=O) groups excluding carboxylic acids is 1. The second kappa shape index (κ2) is 14.1. The average Bonchev–Trinajstić information content (AvgIpc) is 2.60. The van der Waals surface area contributed by atoms with Crippen molar-refractivity contribution in [3.8, 4) is 0 Å². The van der Waals surface area contributed by atoms with Gasteiger partial charge < -0.3 is 21.6 Å². The van der Waals surface area contributed by atoms with Crippen LogP contribution in [0.15, 0.2) is 30.3 Å². The molecular weight excluding hydrogens is 346 g/mol. The van der Waals surface area contributed by atoms with Crippen LogP contribution in [0.1, 0.15) is 70.3 Å². The van der Waals surface area contributed by atoms with E-state index in [9.17, 15) is 4.79 Å². The fraction of sp³-hybridized carbons (Fsp3) is 0.682. The van der Waals surface area contributed by atoms with Gasteiger partial charge in [0.2, 0.25) is 0 Å². The molecule has 0 aliphatic heterocycles. The number of carbonyl (C=O) groups is 1. The maximum absolute atomic E-state index is 12.3. The molecule has 0 bridgehead atoms. The summed E-state index contributed by atoms with van der Waals surface area (Å²) in [5.74, 6) is -0.0797. The zero-order valence-corrected chi connectivity index (χ0v) is 17.9. The predicted octanol–water partition coefficient (Wildman–Crippen LogP) is 2.34. The summed E-state index contributed by atoms with van der Waals surface area (Å²) in [4.78, 5) is 12.3. The molecule has 0 aliphatic carbocycles. The fourth-order valence-electron chi connectivity index (χ4n) is 3.52. The molecule has 1 unspecified atom stereocenters. The number of hydrogen-bond acceptors (Lipinski definition) is 2. The second-order valence-electron chi connectivity index (χ2n) is 7.72. The van der Waals surface area contributed by atoms with Gasteiger partial charge in [-0.3, -0.25) is 0 Å². The molecule has 0 spiro atoms. The highest BCUT2D eigenvalue weighted by atomic mass is 35.5. The Balaban J connectivity index is 0.00000625. The number of halogens is 1. The van der Waals surface area contributed by atoms with Gasteiger partial charge in [-0.25, -0.2) is 4.79 Å². The minimum Gasteiger partial charge on any atom is -1.00 e. The van der Waals surface area contributed by atoms with E-state index in [-0.39, 0.29) is 24.4 Å². The lowest BCUT2D eigenvalue weighted by Crippen LogP contribution is -3.00. The predicted molar refractivity (Wildman–Crippen MR) is 105 cm³/mol. The highest BCUT2D eigenvalue weighted by molar-refractivity contribution is 5.74. The Hall–Kier alpha value is -1.06. The van der Waals surface area contributed by atoms with Crippen molar-refractivity contribution in [1.29, 1.82) is 0 Å². The van der Waals surface area contributed by atoms with E-state index in [1.165, 1.54) is 57.6 Å². The summed E-state index contributed by atoms with van der Waals surface area (Å²) in [6.07, 6.45) is 11.2. The standard InChI is InChI=1S/C22H38NO2.ClH/c1-5-6-7-8-9-10-11-15-18-21(22(24)25-4)23(2,3)19-20-16-13-12-14-17-20;/h12-14,16-17,21H,5-11,15,18-19H2,1-4H3;1H/q+1;/p-1. The zero-order valence-electron chi connectivity index (χ0n) is 17.2. The van der Waals surface area contributed by atoms with Crippen LogP contribution in [0.5, 0.6) is 0 Å². The average molecular weight is 384 g/mol. The molecule has 0 aliphatic rings. The minimum absolute atomic E-state index is 0. The first-order valence-corrected chi connectivity index (χ1v) is 9.95. The van der Waals surface area contributed by atoms with E-state index >= 15 is 0 Å². The van der Waals surface area contributed by atoms with Crippen molar-refractivity contribution in [2.75, 3.05) is 21.2 Å². The Kier molecular flexibility index (Phi) is 13.5. The summed E-state index contributed by atoms with van der Waals surface area (Å²) in [5.41, 5.74) is 1.26. The summed E-state index contributed by atoms with van der Waals surface area (Å²) >= 11 is 0. The third-order valence-electron chi connectivity index (χ3n) is 5.08. The number of likely N-dealkylation sites (N-methyl/N-ethyl adjacent to an activating group) is 1. The Morgan fingerprint density at radius 1 is 0.962 bits per heavy atom. The number of hydrogen-bond donors (Lipinski definition) is 0. The Morgan fingerprint density at radius 2 is 1.50 bits per heavy atom. The third kappa shape index (κ3) is 9.59. The van der Waals surface area contributed by atoms with Crippen LogP contribution in [-0.4, -0.2) is 37.7 Å². The number of quaternary nitrogens is 1. The van der Waals surface area contributed by atoms with Crippen LogP contribution in [0.3, 0.4) is 0 Å². The number of unbranched alkanes of at least 4 members (excludes halogenated alkanes) is 7. The number of nitrogens with zero attached hydrogens (tertiary/aromatic N) is 1. The SMILES string of the molecule is CCCCCCCCCCC(C(=O)OC)[N+](C)(C)Cc1ccccc1.[Cl-]. The van der Waals surface area contributed by atoms with E-state index in [0.29, 0.717) is 4.48 Å². The molecule has 1 aromatic rings. The van der Waals surface area contributed by atoms with E-state index in [0.717, 1.165) is 19.4 Å². The van der Waals surface area contributed by atoms with E-state index in [1.807, 2.05) is 6.07 Å². The molecule has 4 heteroatoms. The monoisotopic (exact) mass is 383 g/mol. The Morgan fingerprint density at radius 3 is 2.04 bits per heavy atom. The summed E-state index contributed by atoms with van der Waals surface area (Å²) < 4.78 is 5.75. The lowest BCUT2D eigenvalue weighted by atomic mass is 10.0. The molecule has 1 aromatic carbocycles. The minimum atomic E-state index is -0.0923. The molecule has 0 saturated carbocycles. The first-order valence-electron chi connectivity index (χ1n) is 9.95. The van der Waals surface area contributed by atoms with Crippen molar-refractivity contribution in [2.45, 2.75) is 77.3 Å². The second-order valence-corrected chi connectivity index (χ2v) is 7.72. The van der Waals surface area contributed by atoms with Crippen LogP contribution in [0.4, 0.5) is 0 Å². The van der Waals surface area contributed by atoms with Crippen LogP contribution in [0.2, 0.25) is 0 Å². The van der Waals surface area contributed by atoms with Gasteiger partial charge in [0, 0.05) is 12.0 Å². The molecular formula is C22H38ClNO2. The molecule has 3 nitrogen and oxygen atoms in total. The van der Waals surface area contributed by atoms with Crippen molar-refractivity contribution in [2.24, 2.45) is 0 Å². The zero-order chi connectivity index (χ0) is 18.5. The van der Waals surface area contributed by atoms with E-state index in [4.69, 9.17) is 4.74 Å². The largest absolute Gasteiger partial charge is 1.00 e. The van der Waals surface area contributed by atoms with Gasteiger partial charge in [0.1, 0.15) is 6.54 Å². The fourth-order valence-corrected chi connectivity index (χ4v) is 3.52. The molecule has 0 amide bonds.